The Morgan fingerprint density at radius 3 is 2.42 bits per heavy atom. The molecule has 1 heterocycles. The van der Waals surface area contributed by atoms with Crippen molar-refractivity contribution in [2.24, 2.45) is 5.92 Å². The van der Waals surface area contributed by atoms with Crippen LogP contribution in [-0.4, -0.2) is 48.0 Å². The van der Waals surface area contributed by atoms with Crippen LogP contribution in [-0.2, 0) is 4.79 Å². The molecular formula is C21H31NO4. The predicted octanol–water partition coefficient (Wildman–Crippen LogP) is 4.02. The number of aliphatic carboxylic acids is 1. The summed E-state index contributed by atoms with van der Waals surface area (Å²) in [5, 5.41) is 9.02. The summed E-state index contributed by atoms with van der Waals surface area (Å²) < 4.78 is 5.70. The number of benzene rings is 1. The van der Waals surface area contributed by atoms with Gasteiger partial charge in [0, 0.05) is 18.5 Å². The van der Waals surface area contributed by atoms with Gasteiger partial charge in [0.1, 0.15) is 5.75 Å². The van der Waals surface area contributed by atoms with Gasteiger partial charge in [-0.2, -0.15) is 0 Å². The van der Waals surface area contributed by atoms with Crippen molar-refractivity contribution in [3.05, 3.63) is 29.8 Å². The first-order valence-electron chi connectivity index (χ1n) is 9.81. The molecule has 1 aliphatic heterocycles. The van der Waals surface area contributed by atoms with E-state index in [1.54, 1.807) is 0 Å². The van der Waals surface area contributed by atoms with Gasteiger partial charge in [0.15, 0.2) is 5.78 Å². The monoisotopic (exact) mass is 361 g/mol. The molecule has 2 rings (SSSR count). The number of hydrogen-bond acceptors (Lipinski definition) is 4. The molecular weight excluding hydrogens is 330 g/mol. The number of likely N-dealkylation sites (tertiary alicyclic amines) is 1. The second-order valence-electron chi connectivity index (χ2n) is 7.06. The Labute approximate surface area is 156 Å². The fraction of sp³-hybridized carbons (Fsp3) is 0.619. The number of ether oxygens (including phenoxy) is 1. The third-order valence-electron chi connectivity index (χ3n) is 5.03. The second-order valence-corrected chi connectivity index (χ2v) is 7.06. The van der Waals surface area contributed by atoms with E-state index in [0.717, 1.165) is 31.9 Å². The SMILES string of the molecule is CCCCCCOc1ccc(C(=O)CCN2CCC(C(=O)O)CC2)cc1. The van der Waals surface area contributed by atoms with Crippen molar-refractivity contribution in [3.8, 4) is 5.75 Å². The van der Waals surface area contributed by atoms with Crippen molar-refractivity contribution in [1.82, 2.24) is 4.90 Å². The molecule has 0 spiro atoms. The minimum Gasteiger partial charge on any atom is -0.494 e. The molecule has 1 aromatic carbocycles. The van der Waals surface area contributed by atoms with E-state index >= 15 is 0 Å². The smallest absolute Gasteiger partial charge is 0.306 e. The number of hydrogen-bond donors (Lipinski definition) is 1. The molecule has 1 saturated heterocycles. The Morgan fingerprint density at radius 2 is 1.81 bits per heavy atom. The van der Waals surface area contributed by atoms with Crippen LogP contribution in [0, 0.1) is 5.92 Å². The largest absolute Gasteiger partial charge is 0.494 e. The average molecular weight is 361 g/mol. The molecule has 1 aliphatic rings. The number of carbonyl (C=O) groups is 2. The zero-order valence-electron chi connectivity index (χ0n) is 15.8. The molecule has 0 unspecified atom stereocenters. The van der Waals surface area contributed by atoms with E-state index in [0.29, 0.717) is 31.4 Å². The van der Waals surface area contributed by atoms with Crippen molar-refractivity contribution < 1.29 is 19.4 Å². The first kappa shape index (κ1) is 20.4. The molecule has 144 valence electrons. The van der Waals surface area contributed by atoms with E-state index in [9.17, 15) is 9.59 Å². The highest BCUT2D eigenvalue weighted by Gasteiger charge is 2.24. The van der Waals surface area contributed by atoms with E-state index in [4.69, 9.17) is 9.84 Å². The molecule has 0 aromatic heterocycles. The van der Waals surface area contributed by atoms with Crippen LogP contribution in [0.1, 0.15) is 62.2 Å². The number of piperidine rings is 1. The highest BCUT2D eigenvalue weighted by atomic mass is 16.5. The van der Waals surface area contributed by atoms with Crippen LogP contribution >= 0.6 is 0 Å². The molecule has 5 heteroatoms. The Balaban J connectivity index is 1.68. The van der Waals surface area contributed by atoms with Gasteiger partial charge in [0.25, 0.3) is 0 Å². The molecule has 0 bridgehead atoms. The number of ketones is 1. The highest BCUT2D eigenvalue weighted by molar-refractivity contribution is 5.96. The van der Waals surface area contributed by atoms with Crippen molar-refractivity contribution in [3.63, 3.8) is 0 Å². The number of rotatable bonds is 11. The summed E-state index contributed by atoms with van der Waals surface area (Å²) in [6, 6.07) is 7.40. The molecule has 0 atom stereocenters. The van der Waals surface area contributed by atoms with E-state index in [-0.39, 0.29) is 11.7 Å². The first-order valence-corrected chi connectivity index (χ1v) is 9.81. The molecule has 1 aromatic rings. The maximum Gasteiger partial charge on any atom is 0.306 e. The second kappa shape index (κ2) is 11.0. The van der Waals surface area contributed by atoms with E-state index in [1.165, 1.54) is 19.3 Å². The number of Topliss-reactive ketones (excluding diaryl/α,β-unsaturated/α-hetero) is 1. The van der Waals surface area contributed by atoms with E-state index in [1.807, 2.05) is 24.3 Å². The van der Waals surface area contributed by atoms with Gasteiger partial charge in [-0.25, -0.2) is 0 Å². The van der Waals surface area contributed by atoms with Crippen LogP contribution < -0.4 is 4.74 Å². The average Bonchev–Trinajstić information content (AvgIpc) is 2.66. The molecule has 1 fully saturated rings. The van der Waals surface area contributed by atoms with Crippen LogP contribution in [0.15, 0.2) is 24.3 Å². The lowest BCUT2D eigenvalue weighted by atomic mass is 9.97. The highest BCUT2D eigenvalue weighted by Crippen LogP contribution is 2.18. The van der Waals surface area contributed by atoms with Gasteiger partial charge in [-0.05, 0) is 56.6 Å². The summed E-state index contributed by atoms with van der Waals surface area (Å²) in [5.41, 5.74) is 0.712. The molecule has 0 radical (unpaired) electrons. The number of nitrogens with zero attached hydrogens (tertiary/aromatic N) is 1. The fourth-order valence-corrected chi connectivity index (χ4v) is 3.26. The van der Waals surface area contributed by atoms with Crippen molar-refractivity contribution in [1.29, 1.82) is 0 Å². The topological polar surface area (TPSA) is 66.8 Å². The summed E-state index contributed by atoms with van der Waals surface area (Å²) in [7, 11) is 0. The summed E-state index contributed by atoms with van der Waals surface area (Å²) in [4.78, 5) is 25.5. The standard InChI is InChI=1S/C21H31NO4/c1-2-3-4-5-16-26-19-8-6-17(7-9-19)20(23)12-15-22-13-10-18(11-14-22)21(24)25/h6-9,18H,2-5,10-16H2,1H3,(H,24,25). The number of unbranched alkanes of at least 4 members (excludes halogenated alkanes) is 3. The Bertz CT molecular complexity index is 562. The van der Waals surface area contributed by atoms with Gasteiger partial charge in [-0.1, -0.05) is 26.2 Å². The molecule has 0 aliphatic carbocycles. The van der Waals surface area contributed by atoms with Crippen LogP contribution in [0.2, 0.25) is 0 Å². The van der Waals surface area contributed by atoms with Crippen LogP contribution in [0.3, 0.4) is 0 Å². The van der Waals surface area contributed by atoms with Gasteiger partial charge >= 0.3 is 5.97 Å². The van der Waals surface area contributed by atoms with Crippen LogP contribution in [0.25, 0.3) is 0 Å². The number of carboxylic acid groups (broad SMARTS) is 1. The van der Waals surface area contributed by atoms with Crippen LogP contribution in [0.5, 0.6) is 5.75 Å². The normalized spacial score (nSPS) is 15.7. The lowest BCUT2D eigenvalue weighted by Crippen LogP contribution is -2.37. The van der Waals surface area contributed by atoms with Crippen molar-refractivity contribution >= 4 is 11.8 Å². The van der Waals surface area contributed by atoms with Gasteiger partial charge in [-0.15, -0.1) is 0 Å². The van der Waals surface area contributed by atoms with Crippen molar-refractivity contribution in [2.45, 2.75) is 51.9 Å². The summed E-state index contributed by atoms with van der Waals surface area (Å²) >= 11 is 0. The number of carboxylic acids is 1. The third kappa shape index (κ3) is 6.79. The quantitative estimate of drug-likeness (QED) is 0.476. The number of carbonyl (C=O) groups excluding carboxylic acids is 1. The first-order chi connectivity index (χ1) is 12.6. The minimum atomic E-state index is -0.701. The maximum atomic E-state index is 12.3. The molecule has 26 heavy (non-hydrogen) atoms. The van der Waals surface area contributed by atoms with Gasteiger partial charge in [0.2, 0.25) is 0 Å². The molecule has 0 saturated carbocycles. The third-order valence-corrected chi connectivity index (χ3v) is 5.03. The zero-order chi connectivity index (χ0) is 18.8. The van der Waals surface area contributed by atoms with Gasteiger partial charge in [0.05, 0.1) is 12.5 Å². The summed E-state index contributed by atoms with van der Waals surface area (Å²) in [5.74, 6) is 0.0125. The van der Waals surface area contributed by atoms with Gasteiger partial charge < -0.3 is 14.7 Å². The predicted molar refractivity (Wildman–Crippen MR) is 102 cm³/mol. The van der Waals surface area contributed by atoms with Crippen molar-refractivity contribution in [2.75, 3.05) is 26.2 Å². The molecule has 1 N–H and O–H groups in total. The lowest BCUT2D eigenvalue weighted by Gasteiger charge is -2.29. The fourth-order valence-electron chi connectivity index (χ4n) is 3.26. The lowest BCUT2D eigenvalue weighted by molar-refractivity contribution is -0.143. The summed E-state index contributed by atoms with van der Waals surface area (Å²) in [6.07, 6.45) is 6.53. The van der Waals surface area contributed by atoms with E-state index < -0.39 is 5.97 Å². The Morgan fingerprint density at radius 1 is 1.12 bits per heavy atom. The van der Waals surface area contributed by atoms with E-state index in [2.05, 4.69) is 11.8 Å². The minimum absolute atomic E-state index is 0.125. The molecule has 0 amide bonds. The Hall–Kier alpha value is -1.88. The van der Waals surface area contributed by atoms with Crippen LogP contribution in [0.4, 0.5) is 0 Å². The summed E-state index contributed by atoms with van der Waals surface area (Å²) in [6.45, 7) is 5.12. The van der Waals surface area contributed by atoms with Gasteiger partial charge in [-0.3, -0.25) is 9.59 Å². The Kier molecular flexibility index (Phi) is 8.62. The maximum absolute atomic E-state index is 12.3. The molecule has 5 nitrogen and oxygen atoms in total. The zero-order valence-corrected chi connectivity index (χ0v) is 15.8.